The molecule has 0 bridgehead atoms. The number of hydrogen-bond acceptors (Lipinski definition) is 4. The third kappa shape index (κ3) is 3.15. The highest BCUT2D eigenvalue weighted by Crippen LogP contribution is 2.20. The lowest BCUT2D eigenvalue weighted by Crippen LogP contribution is -2.51. The summed E-state index contributed by atoms with van der Waals surface area (Å²) in [7, 11) is 4.12. The molecule has 1 amide bonds. The maximum atomic E-state index is 11.4. The summed E-state index contributed by atoms with van der Waals surface area (Å²) in [5, 5.41) is 0. The van der Waals surface area contributed by atoms with Crippen LogP contribution < -0.4 is 11.3 Å². The Hall–Kier alpha value is -0.650. The van der Waals surface area contributed by atoms with Gasteiger partial charge in [0.1, 0.15) is 0 Å². The highest BCUT2D eigenvalue weighted by atomic mass is 16.2. The molecule has 88 valence electrons. The number of hydrazine groups is 1. The van der Waals surface area contributed by atoms with Crippen LogP contribution in [0.25, 0.3) is 0 Å². The van der Waals surface area contributed by atoms with Crippen molar-refractivity contribution in [2.75, 3.05) is 27.2 Å². The summed E-state index contributed by atoms with van der Waals surface area (Å²) in [5.74, 6) is 5.05. The first-order valence-electron chi connectivity index (χ1n) is 5.47. The summed E-state index contributed by atoms with van der Waals surface area (Å²) in [6.45, 7) is 3.91. The SMILES string of the molecule is CC(C(=O)NN)N1CCCC1CN(C)C. The van der Waals surface area contributed by atoms with Crippen LogP contribution in [-0.4, -0.2) is 55.0 Å². The van der Waals surface area contributed by atoms with E-state index in [1.807, 2.05) is 6.92 Å². The maximum Gasteiger partial charge on any atom is 0.250 e. The average molecular weight is 214 g/mol. The van der Waals surface area contributed by atoms with Gasteiger partial charge in [0.2, 0.25) is 0 Å². The maximum absolute atomic E-state index is 11.4. The molecule has 1 aliphatic rings. The molecular formula is C10H22N4O. The molecule has 2 unspecified atom stereocenters. The van der Waals surface area contributed by atoms with Crippen LogP contribution in [0.1, 0.15) is 19.8 Å². The van der Waals surface area contributed by atoms with E-state index in [0.717, 1.165) is 13.1 Å². The van der Waals surface area contributed by atoms with Crippen LogP contribution in [0.4, 0.5) is 0 Å². The van der Waals surface area contributed by atoms with Gasteiger partial charge in [-0.2, -0.15) is 0 Å². The van der Waals surface area contributed by atoms with Crippen molar-refractivity contribution in [3.05, 3.63) is 0 Å². The number of carbonyl (C=O) groups is 1. The number of carbonyl (C=O) groups excluding carboxylic acids is 1. The summed E-state index contributed by atoms with van der Waals surface area (Å²) in [6, 6.07) is 0.356. The van der Waals surface area contributed by atoms with Gasteiger partial charge in [-0.25, -0.2) is 5.84 Å². The van der Waals surface area contributed by atoms with E-state index >= 15 is 0 Å². The Balaban J connectivity index is 2.55. The Kier molecular flexibility index (Phi) is 4.50. The van der Waals surface area contributed by atoms with Crippen LogP contribution in [0.5, 0.6) is 0 Å². The predicted molar refractivity (Wildman–Crippen MR) is 60.1 cm³/mol. The minimum Gasteiger partial charge on any atom is -0.308 e. The first kappa shape index (κ1) is 12.4. The summed E-state index contributed by atoms with van der Waals surface area (Å²) in [5.41, 5.74) is 2.22. The number of rotatable bonds is 4. The summed E-state index contributed by atoms with van der Waals surface area (Å²) >= 11 is 0. The van der Waals surface area contributed by atoms with Gasteiger partial charge >= 0.3 is 0 Å². The third-order valence-electron chi connectivity index (χ3n) is 3.02. The predicted octanol–water partition coefficient (Wildman–Crippen LogP) is -0.609. The van der Waals surface area contributed by atoms with Gasteiger partial charge in [-0.05, 0) is 40.4 Å². The second-order valence-corrected chi connectivity index (χ2v) is 4.48. The molecule has 5 nitrogen and oxygen atoms in total. The number of hydrogen-bond donors (Lipinski definition) is 2. The van der Waals surface area contributed by atoms with Gasteiger partial charge < -0.3 is 4.90 Å². The Labute approximate surface area is 91.6 Å². The molecule has 0 aliphatic carbocycles. The van der Waals surface area contributed by atoms with E-state index in [0.29, 0.717) is 6.04 Å². The van der Waals surface area contributed by atoms with Crippen LogP contribution in [0.3, 0.4) is 0 Å². The van der Waals surface area contributed by atoms with Gasteiger partial charge in [0.05, 0.1) is 6.04 Å². The molecule has 5 heteroatoms. The van der Waals surface area contributed by atoms with Gasteiger partial charge in [-0.3, -0.25) is 15.1 Å². The van der Waals surface area contributed by atoms with E-state index in [1.54, 1.807) is 0 Å². The van der Waals surface area contributed by atoms with Gasteiger partial charge in [-0.15, -0.1) is 0 Å². The number of likely N-dealkylation sites (tertiary alicyclic amines) is 1. The van der Waals surface area contributed by atoms with Crippen molar-refractivity contribution >= 4 is 5.91 Å². The molecule has 0 spiro atoms. The van der Waals surface area contributed by atoms with Gasteiger partial charge in [0.25, 0.3) is 5.91 Å². The quantitative estimate of drug-likeness (QED) is 0.372. The van der Waals surface area contributed by atoms with Crippen molar-refractivity contribution in [3.63, 3.8) is 0 Å². The van der Waals surface area contributed by atoms with Crippen molar-refractivity contribution < 1.29 is 4.79 Å². The van der Waals surface area contributed by atoms with Crippen LogP contribution in [-0.2, 0) is 4.79 Å². The molecule has 1 aliphatic heterocycles. The second-order valence-electron chi connectivity index (χ2n) is 4.48. The summed E-state index contributed by atoms with van der Waals surface area (Å²) in [6.07, 6.45) is 2.33. The largest absolute Gasteiger partial charge is 0.308 e. The van der Waals surface area contributed by atoms with Gasteiger partial charge in [0, 0.05) is 12.6 Å². The normalized spacial score (nSPS) is 24.5. The lowest BCUT2D eigenvalue weighted by atomic mass is 10.2. The number of likely N-dealkylation sites (N-methyl/N-ethyl adjacent to an activating group) is 1. The topological polar surface area (TPSA) is 61.6 Å². The fourth-order valence-electron chi connectivity index (χ4n) is 2.26. The van der Waals surface area contributed by atoms with Crippen LogP contribution in [0, 0.1) is 0 Å². The monoisotopic (exact) mass is 214 g/mol. The van der Waals surface area contributed by atoms with E-state index in [9.17, 15) is 4.79 Å². The lowest BCUT2D eigenvalue weighted by molar-refractivity contribution is -0.126. The minimum atomic E-state index is -0.123. The van der Waals surface area contributed by atoms with E-state index in [1.165, 1.54) is 12.8 Å². The Bertz CT molecular complexity index is 219. The minimum absolute atomic E-state index is 0.0966. The highest BCUT2D eigenvalue weighted by molar-refractivity contribution is 5.80. The Morgan fingerprint density at radius 3 is 2.87 bits per heavy atom. The van der Waals surface area contributed by atoms with Crippen molar-refractivity contribution in [1.82, 2.24) is 15.2 Å². The highest BCUT2D eigenvalue weighted by Gasteiger charge is 2.31. The lowest BCUT2D eigenvalue weighted by Gasteiger charge is -2.30. The molecule has 0 radical (unpaired) electrons. The average Bonchev–Trinajstić information content (AvgIpc) is 2.62. The summed E-state index contributed by atoms with van der Waals surface area (Å²) < 4.78 is 0. The smallest absolute Gasteiger partial charge is 0.250 e. The molecule has 0 aromatic heterocycles. The number of nitrogens with one attached hydrogen (secondary N) is 1. The zero-order valence-corrected chi connectivity index (χ0v) is 9.86. The van der Waals surface area contributed by atoms with E-state index in [4.69, 9.17) is 5.84 Å². The van der Waals surface area contributed by atoms with E-state index < -0.39 is 0 Å². The molecule has 1 rings (SSSR count). The van der Waals surface area contributed by atoms with Crippen LogP contribution >= 0.6 is 0 Å². The van der Waals surface area contributed by atoms with Crippen molar-refractivity contribution in [2.24, 2.45) is 5.84 Å². The van der Waals surface area contributed by atoms with E-state index in [-0.39, 0.29) is 11.9 Å². The Morgan fingerprint density at radius 2 is 2.33 bits per heavy atom. The zero-order valence-electron chi connectivity index (χ0n) is 9.86. The van der Waals surface area contributed by atoms with Gasteiger partial charge in [-0.1, -0.05) is 0 Å². The van der Waals surface area contributed by atoms with Crippen molar-refractivity contribution in [2.45, 2.75) is 31.8 Å². The first-order valence-corrected chi connectivity index (χ1v) is 5.47. The molecule has 2 atom stereocenters. The van der Waals surface area contributed by atoms with Crippen LogP contribution in [0.15, 0.2) is 0 Å². The number of nitrogens with two attached hydrogens (primary N) is 1. The third-order valence-corrected chi connectivity index (χ3v) is 3.02. The molecule has 0 aromatic rings. The van der Waals surface area contributed by atoms with Crippen LogP contribution in [0.2, 0.25) is 0 Å². The van der Waals surface area contributed by atoms with Gasteiger partial charge in [0.15, 0.2) is 0 Å². The molecule has 3 N–H and O–H groups in total. The van der Waals surface area contributed by atoms with Crippen molar-refractivity contribution in [3.8, 4) is 0 Å². The molecular weight excluding hydrogens is 192 g/mol. The molecule has 1 heterocycles. The molecule has 1 fully saturated rings. The van der Waals surface area contributed by atoms with E-state index in [2.05, 4.69) is 29.3 Å². The Morgan fingerprint density at radius 1 is 1.67 bits per heavy atom. The fraction of sp³-hybridized carbons (Fsp3) is 0.900. The second kappa shape index (κ2) is 5.44. The molecule has 1 saturated heterocycles. The zero-order chi connectivity index (χ0) is 11.4. The molecule has 0 aromatic carbocycles. The first-order chi connectivity index (χ1) is 7.06. The molecule has 0 saturated carbocycles. The fourth-order valence-corrected chi connectivity index (χ4v) is 2.26. The standard InChI is InChI=1S/C10H22N4O/c1-8(10(15)12-11)14-6-4-5-9(14)7-13(2)3/h8-9H,4-7,11H2,1-3H3,(H,12,15). The number of amides is 1. The van der Waals surface area contributed by atoms with Crippen molar-refractivity contribution in [1.29, 1.82) is 0 Å². The summed E-state index contributed by atoms with van der Waals surface area (Å²) in [4.78, 5) is 15.8. The number of nitrogens with zero attached hydrogens (tertiary/aromatic N) is 2. The molecule has 15 heavy (non-hydrogen) atoms.